The van der Waals surface area contributed by atoms with Crippen LogP contribution in [0.25, 0.3) is 0 Å². The molecular formula is C25H31FN2. The van der Waals surface area contributed by atoms with Gasteiger partial charge in [0.1, 0.15) is 5.82 Å². The van der Waals surface area contributed by atoms with E-state index < -0.39 is 0 Å². The van der Waals surface area contributed by atoms with E-state index in [0.717, 1.165) is 31.0 Å². The Kier molecular flexibility index (Phi) is 4.28. The van der Waals surface area contributed by atoms with E-state index in [1.165, 1.54) is 36.0 Å². The highest BCUT2D eigenvalue weighted by atomic mass is 19.1. The molecule has 5 rings (SSSR count). The number of nitrogens with two attached hydrogens (primary N) is 1. The number of nitrogens with zero attached hydrogens (tertiary/aromatic N) is 1. The normalized spacial score (nSPS) is 34.1. The van der Waals surface area contributed by atoms with Gasteiger partial charge in [-0.2, -0.15) is 0 Å². The third kappa shape index (κ3) is 2.78. The minimum Gasteiger partial charge on any atom is -0.399 e. The molecule has 0 amide bonds. The van der Waals surface area contributed by atoms with Gasteiger partial charge in [0.15, 0.2) is 0 Å². The van der Waals surface area contributed by atoms with Crippen LogP contribution in [0.3, 0.4) is 0 Å². The van der Waals surface area contributed by atoms with Gasteiger partial charge in [-0.3, -0.25) is 4.90 Å². The number of rotatable bonds is 3. The summed E-state index contributed by atoms with van der Waals surface area (Å²) in [7, 11) is 0. The van der Waals surface area contributed by atoms with Crippen molar-refractivity contribution in [3.8, 4) is 0 Å². The lowest BCUT2D eigenvalue weighted by Gasteiger charge is -2.61. The molecule has 2 N–H and O–H groups in total. The number of piperidine rings is 1. The van der Waals surface area contributed by atoms with Crippen molar-refractivity contribution in [2.75, 3.05) is 12.3 Å². The Balaban J connectivity index is 1.47. The second-order valence-corrected chi connectivity index (χ2v) is 9.60. The molecule has 1 saturated carbocycles. The second kappa shape index (κ2) is 6.59. The molecule has 2 aromatic carbocycles. The Morgan fingerprint density at radius 1 is 1.18 bits per heavy atom. The van der Waals surface area contributed by atoms with E-state index in [0.29, 0.717) is 18.0 Å². The van der Waals surface area contributed by atoms with Gasteiger partial charge in [-0.05, 0) is 97.2 Å². The number of halogens is 1. The average Bonchev–Trinajstić information content (AvgIpc) is 2.69. The van der Waals surface area contributed by atoms with E-state index in [4.69, 9.17) is 5.73 Å². The topological polar surface area (TPSA) is 29.3 Å². The Morgan fingerprint density at radius 3 is 2.75 bits per heavy atom. The van der Waals surface area contributed by atoms with Crippen LogP contribution in [0.5, 0.6) is 0 Å². The van der Waals surface area contributed by atoms with Crippen molar-refractivity contribution in [3.63, 3.8) is 0 Å². The molecule has 2 nitrogen and oxygen atoms in total. The molecule has 3 aliphatic rings. The molecular weight excluding hydrogens is 347 g/mol. The summed E-state index contributed by atoms with van der Waals surface area (Å²) in [4.78, 5) is 2.79. The van der Waals surface area contributed by atoms with E-state index in [2.05, 4.69) is 36.9 Å². The van der Waals surface area contributed by atoms with Gasteiger partial charge in [0.25, 0.3) is 0 Å². The smallest absolute Gasteiger partial charge is 0.123 e. The number of nitrogen functional groups attached to an aromatic ring is 1. The first-order valence-corrected chi connectivity index (χ1v) is 10.8. The van der Waals surface area contributed by atoms with Crippen molar-refractivity contribution in [2.24, 2.45) is 11.8 Å². The van der Waals surface area contributed by atoms with Crippen LogP contribution in [0.15, 0.2) is 42.5 Å². The summed E-state index contributed by atoms with van der Waals surface area (Å²) < 4.78 is 13.3. The standard InChI is InChI=1S/C25H31FN2/c1-16-18-9-11-25(2)22-15-21(27)8-5-19(22)14-24(23(25)13-18)28(16)12-10-17-3-6-20(26)7-4-17/h3-8,15-16,18,23-24H,9-14,27H2,1-2H3/t16?,18?,23?,24?,25-/m0/s1. The zero-order valence-corrected chi connectivity index (χ0v) is 17.0. The van der Waals surface area contributed by atoms with E-state index in [1.54, 1.807) is 12.1 Å². The SMILES string of the molecule is CC1C2CC[C@@]3(C)c4cc(N)ccc4CC(C3C2)N1CCc1ccc(F)cc1. The van der Waals surface area contributed by atoms with Crippen LogP contribution in [0.1, 0.15) is 49.8 Å². The molecule has 1 aliphatic heterocycles. The van der Waals surface area contributed by atoms with Crippen LogP contribution in [-0.4, -0.2) is 23.5 Å². The molecule has 148 valence electrons. The summed E-state index contributed by atoms with van der Waals surface area (Å²) in [6.07, 6.45) is 6.07. The highest BCUT2D eigenvalue weighted by Gasteiger charge is 2.54. The van der Waals surface area contributed by atoms with Crippen LogP contribution in [-0.2, 0) is 18.3 Å². The van der Waals surface area contributed by atoms with Gasteiger partial charge < -0.3 is 5.73 Å². The number of likely N-dealkylation sites (tertiary alicyclic amines) is 1. The van der Waals surface area contributed by atoms with Crippen molar-refractivity contribution >= 4 is 5.69 Å². The fraction of sp³-hybridized carbons (Fsp3) is 0.520. The van der Waals surface area contributed by atoms with Crippen LogP contribution < -0.4 is 5.73 Å². The number of hydrogen-bond donors (Lipinski definition) is 1. The Bertz CT molecular complexity index is 877. The van der Waals surface area contributed by atoms with Gasteiger partial charge in [0.05, 0.1) is 0 Å². The molecule has 1 heterocycles. The molecule has 1 saturated heterocycles. The van der Waals surface area contributed by atoms with Crippen LogP contribution in [0.2, 0.25) is 0 Å². The monoisotopic (exact) mass is 378 g/mol. The number of anilines is 1. The molecule has 2 bridgehead atoms. The first-order chi connectivity index (χ1) is 13.5. The van der Waals surface area contributed by atoms with Gasteiger partial charge in [-0.25, -0.2) is 4.39 Å². The maximum Gasteiger partial charge on any atom is 0.123 e. The number of hydrogen-bond acceptors (Lipinski definition) is 2. The largest absolute Gasteiger partial charge is 0.399 e. The van der Waals surface area contributed by atoms with Gasteiger partial charge in [-0.15, -0.1) is 0 Å². The highest BCUT2D eigenvalue weighted by molar-refractivity contribution is 5.50. The van der Waals surface area contributed by atoms with Crippen LogP contribution in [0, 0.1) is 17.7 Å². The molecule has 2 fully saturated rings. The predicted molar refractivity (Wildman–Crippen MR) is 113 cm³/mol. The molecule has 28 heavy (non-hydrogen) atoms. The van der Waals surface area contributed by atoms with Gasteiger partial charge in [0, 0.05) is 24.3 Å². The predicted octanol–water partition coefficient (Wildman–Crippen LogP) is 4.95. The maximum absolute atomic E-state index is 13.3. The molecule has 4 unspecified atom stereocenters. The molecule has 3 heteroatoms. The lowest BCUT2D eigenvalue weighted by molar-refractivity contribution is -0.0616. The third-order valence-corrected chi connectivity index (χ3v) is 8.26. The zero-order chi connectivity index (χ0) is 19.5. The summed E-state index contributed by atoms with van der Waals surface area (Å²) in [6, 6.07) is 14.9. The van der Waals surface area contributed by atoms with Crippen LogP contribution in [0.4, 0.5) is 10.1 Å². The van der Waals surface area contributed by atoms with Gasteiger partial charge >= 0.3 is 0 Å². The summed E-state index contributed by atoms with van der Waals surface area (Å²) in [6.45, 7) is 5.99. The highest BCUT2D eigenvalue weighted by Crippen LogP contribution is 2.56. The third-order valence-electron chi connectivity index (χ3n) is 8.26. The number of fused-ring (bicyclic) bond motifs is 3. The van der Waals surface area contributed by atoms with Gasteiger partial charge in [0.2, 0.25) is 0 Å². The summed E-state index contributed by atoms with van der Waals surface area (Å²) in [5.41, 5.74) is 11.6. The Hall–Kier alpha value is -1.87. The van der Waals surface area contributed by atoms with Crippen molar-refractivity contribution in [2.45, 2.75) is 63.5 Å². The number of benzene rings is 2. The van der Waals surface area contributed by atoms with Crippen molar-refractivity contribution in [1.29, 1.82) is 0 Å². The average molecular weight is 379 g/mol. The summed E-state index contributed by atoms with van der Waals surface area (Å²) in [5.74, 6) is 1.36. The maximum atomic E-state index is 13.3. The van der Waals surface area contributed by atoms with Crippen molar-refractivity contribution in [1.82, 2.24) is 4.90 Å². The fourth-order valence-electron chi connectivity index (χ4n) is 6.60. The molecule has 0 radical (unpaired) electrons. The molecule has 0 aromatic heterocycles. The van der Waals surface area contributed by atoms with Crippen molar-refractivity contribution < 1.29 is 4.39 Å². The van der Waals surface area contributed by atoms with Gasteiger partial charge in [-0.1, -0.05) is 25.1 Å². The molecule has 2 aliphatic carbocycles. The fourth-order valence-corrected chi connectivity index (χ4v) is 6.60. The second-order valence-electron chi connectivity index (χ2n) is 9.60. The molecule has 0 spiro atoms. The first kappa shape index (κ1) is 18.2. The van der Waals surface area contributed by atoms with E-state index in [-0.39, 0.29) is 11.2 Å². The summed E-state index contributed by atoms with van der Waals surface area (Å²) in [5, 5.41) is 0. The minimum atomic E-state index is -0.149. The first-order valence-electron chi connectivity index (χ1n) is 10.8. The van der Waals surface area contributed by atoms with E-state index >= 15 is 0 Å². The zero-order valence-electron chi connectivity index (χ0n) is 17.0. The Morgan fingerprint density at radius 2 is 1.96 bits per heavy atom. The molecule has 2 aromatic rings. The summed E-state index contributed by atoms with van der Waals surface area (Å²) >= 11 is 0. The Labute approximate surface area is 167 Å². The quantitative estimate of drug-likeness (QED) is 0.766. The van der Waals surface area contributed by atoms with E-state index in [9.17, 15) is 4.39 Å². The minimum absolute atomic E-state index is 0.149. The van der Waals surface area contributed by atoms with E-state index in [1.807, 2.05) is 12.1 Å². The molecule has 5 atom stereocenters. The lowest BCUT2D eigenvalue weighted by atomic mass is 9.52. The van der Waals surface area contributed by atoms with Crippen LogP contribution >= 0.6 is 0 Å². The van der Waals surface area contributed by atoms with Crippen molar-refractivity contribution in [3.05, 3.63) is 65.0 Å². The lowest BCUT2D eigenvalue weighted by Crippen LogP contribution is -2.63.